The number of hydrogen-bond acceptors (Lipinski definition) is 0. The zero-order valence-electron chi connectivity index (χ0n) is 34.6. The Balaban J connectivity index is 0.000000136. The van der Waals surface area contributed by atoms with Gasteiger partial charge in [0.05, 0.1) is 0 Å². The van der Waals surface area contributed by atoms with E-state index in [4.69, 9.17) is 0 Å². The Morgan fingerprint density at radius 1 is 0.397 bits per heavy atom. The summed E-state index contributed by atoms with van der Waals surface area (Å²) in [5.74, 6) is 0. The van der Waals surface area contributed by atoms with Crippen LogP contribution in [0.15, 0.2) is 206 Å². The Hall–Kier alpha value is -5.50. The molecule has 0 spiro atoms. The van der Waals surface area contributed by atoms with E-state index < -0.39 is 0 Å². The van der Waals surface area contributed by atoms with Crippen LogP contribution in [0.1, 0.15) is 63.8 Å². The van der Waals surface area contributed by atoms with Crippen molar-refractivity contribution < 1.29 is 23.9 Å². The van der Waals surface area contributed by atoms with Crippen LogP contribution >= 0.6 is 0 Å². The van der Waals surface area contributed by atoms with Gasteiger partial charge in [0.2, 0.25) is 0 Å². The maximum Gasteiger partial charge on any atom is -0.0192 e. The Labute approximate surface area is 360 Å². The Morgan fingerprint density at radius 3 is 1.17 bits per heavy atom. The van der Waals surface area contributed by atoms with Crippen LogP contribution in [0.4, 0.5) is 0 Å². The second-order valence-electron chi connectivity index (χ2n) is 17.1. The van der Waals surface area contributed by atoms with E-state index in [1.165, 1.54) is 80.4 Å². The van der Waals surface area contributed by atoms with Crippen molar-refractivity contribution in [3.8, 4) is 33.4 Å². The number of hydrogen-bond donors (Lipinski definition) is 0. The van der Waals surface area contributed by atoms with Gasteiger partial charge in [-0.25, -0.2) is 0 Å². The quantitative estimate of drug-likeness (QED) is 0.119. The summed E-state index contributed by atoms with van der Waals surface area (Å²) < 4.78 is 1.46. The van der Waals surface area contributed by atoms with Crippen LogP contribution in [0.2, 0.25) is 0 Å². The van der Waals surface area contributed by atoms with Crippen LogP contribution in [-0.2, 0) is 34.7 Å². The van der Waals surface area contributed by atoms with E-state index in [1.807, 2.05) is 0 Å². The monoisotopic (exact) mass is 916 g/mol. The summed E-state index contributed by atoms with van der Waals surface area (Å²) in [6, 6.07) is 73.8. The molecule has 284 valence electrons. The van der Waals surface area contributed by atoms with Crippen molar-refractivity contribution in [1.29, 1.82) is 0 Å². The maximum atomic E-state index is 2.35. The molecule has 0 saturated carbocycles. The molecular weight excluding hydrogens is 863 g/mol. The molecule has 0 unspecified atom stereocenters. The smallest absolute Gasteiger partial charge is 0.0192 e. The van der Waals surface area contributed by atoms with Crippen molar-refractivity contribution in [1.82, 2.24) is 0 Å². The fourth-order valence-corrected chi connectivity index (χ4v) is 8.48. The largest absolute Gasteiger partial charge is 0.176 e. The minimum Gasteiger partial charge on any atom is -0.176 e. The predicted octanol–water partition coefficient (Wildman–Crippen LogP) is 15.5. The van der Waals surface area contributed by atoms with Gasteiger partial charge in [0.15, 0.2) is 0 Å². The molecule has 1 heteroatoms. The molecule has 0 nitrogen and oxygen atoms in total. The van der Waals surface area contributed by atoms with Gasteiger partial charge in [0, 0.05) is 0 Å². The van der Waals surface area contributed by atoms with Crippen molar-refractivity contribution >= 4 is 24.8 Å². The average Bonchev–Trinajstić information content (AvgIpc) is 3.93. The Kier molecular flexibility index (Phi) is 12.6. The molecular formula is C57H52Hf. The molecule has 0 aliphatic rings. The van der Waals surface area contributed by atoms with Crippen LogP contribution in [0.25, 0.3) is 54.9 Å². The first kappa shape index (κ1) is 40.7. The normalized spacial score (nSPS) is 11.4. The van der Waals surface area contributed by atoms with Gasteiger partial charge in [-0.05, 0) is 39.2 Å². The molecule has 0 aromatic heterocycles. The molecule has 9 aromatic rings. The van der Waals surface area contributed by atoms with Crippen molar-refractivity contribution in [2.45, 2.75) is 52.4 Å². The fraction of sp³-hybridized carbons (Fsp3) is 0.140. The Bertz CT molecular complexity index is 2530. The topological polar surface area (TPSA) is 0 Å². The van der Waals surface area contributed by atoms with Crippen LogP contribution in [0.5, 0.6) is 0 Å². The summed E-state index contributed by atoms with van der Waals surface area (Å²) in [5.41, 5.74) is 13.4. The van der Waals surface area contributed by atoms with Gasteiger partial charge in [-0.1, -0.05) is 155 Å². The second kappa shape index (κ2) is 18.0. The summed E-state index contributed by atoms with van der Waals surface area (Å²) >= 11 is 1.08. The van der Waals surface area contributed by atoms with Crippen molar-refractivity contribution in [2.75, 3.05) is 0 Å². The molecule has 58 heavy (non-hydrogen) atoms. The molecule has 0 bridgehead atoms. The van der Waals surface area contributed by atoms with E-state index in [2.05, 4.69) is 248 Å². The fourth-order valence-electron chi connectivity index (χ4n) is 7.29. The first-order chi connectivity index (χ1) is 27.9. The van der Waals surface area contributed by atoms with Gasteiger partial charge >= 0.3 is 98.9 Å². The van der Waals surface area contributed by atoms with Crippen molar-refractivity contribution in [2.24, 2.45) is 0 Å². The first-order valence-electron chi connectivity index (χ1n) is 20.3. The predicted molar refractivity (Wildman–Crippen MR) is 249 cm³/mol. The molecule has 0 amide bonds. The molecule has 0 heterocycles. The third kappa shape index (κ3) is 9.95. The summed E-state index contributed by atoms with van der Waals surface area (Å²) in [6.07, 6.45) is 0. The van der Waals surface area contributed by atoms with Crippen LogP contribution in [-0.4, -0.2) is 3.26 Å². The van der Waals surface area contributed by atoms with Crippen molar-refractivity contribution in [3.63, 3.8) is 0 Å². The average molecular weight is 916 g/mol. The summed E-state index contributed by atoms with van der Waals surface area (Å²) in [4.78, 5) is 0. The third-order valence-electron chi connectivity index (χ3n) is 10.7. The van der Waals surface area contributed by atoms with Crippen molar-refractivity contribution in [3.05, 3.63) is 229 Å². The van der Waals surface area contributed by atoms with Crippen LogP contribution < -0.4 is 0 Å². The van der Waals surface area contributed by atoms with Gasteiger partial charge in [-0.15, -0.1) is 45.8 Å². The Morgan fingerprint density at radius 2 is 0.793 bits per heavy atom. The van der Waals surface area contributed by atoms with Gasteiger partial charge < -0.3 is 0 Å². The molecule has 0 saturated heterocycles. The number of benzene rings is 7. The number of rotatable bonds is 5. The SMILES string of the molecule is CC(C)(C)c1ccc2c(c1)[cH-]c1cc(C(C)(C)C)ccc12.[Hf+2]=[C](c1ccccc1)c1ccccc1.c1ccc(-c2cc(-c3ccccc3)cc(-c3ccc[cH-]3)c2)cc1. The zero-order valence-corrected chi connectivity index (χ0v) is 38.2. The molecule has 0 aliphatic heterocycles. The molecule has 0 aliphatic carbocycles. The van der Waals surface area contributed by atoms with E-state index >= 15 is 0 Å². The number of fused-ring (bicyclic) bond motifs is 3. The minimum absolute atomic E-state index is 0.203. The minimum atomic E-state index is 0.203. The second-order valence-corrected chi connectivity index (χ2v) is 18.9. The standard InChI is InChI=1S/C23H17.C21H25.C13H10.Hf/c1-3-9-18(10-4-1)21-15-22(19-11-5-2-6-12-19)17-23(16-21)20-13-7-8-14-20;1-20(2,3)16-7-9-18-14(12-16)11-15-13-17(21(4,5)6)8-10-19(15)18;1-3-7-12(8-4-1)11-13-9-5-2-6-10-13;/h1-17H;7-13H,1-6H3;1-10H;/q2*-1;;+2. The first-order valence-corrected chi connectivity index (χ1v) is 22.1. The molecule has 0 fully saturated rings. The van der Waals surface area contributed by atoms with E-state index in [1.54, 1.807) is 0 Å². The third-order valence-corrected chi connectivity index (χ3v) is 12.8. The maximum absolute atomic E-state index is 2.35. The van der Waals surface area contributed by atoms with Gasteiger partial charge in [-0.2, -0.15) is 23.8 Å². The van der Waals surface area contributed by atoms with Crippen LogP contribution in [0, 0.1) is 0 Å². The van der Waals surface area contributed by atoms with Gasteiger partial charge in [0.1, 0.15) is 0 Å². The van der Waals surface area contributed by atoms with E-state index in [0.29, 0.717) is 0 Å². The summed E-state index contributed by atoms with van der Waals surface area (Å²) in [7, 11) is 0. The summed E-state index contributed by atoms with van der Waals surface area (Å²) in [6.45, 7) is 13.6. The molecule has 9 rings (SSSR count). The zero-order chi connectivity index (χ0) is 40.7. The van der Waals surface area contributed by atoms with E-state index in [-0.39, 0.29) is 10.8 Å². The van der Waals surface area contributed by atoms with E-state index in [0.717, 1.165) is 23.9 Å². The van der Waals surface area contributed by atoms with Gasteiger partial charge in [0.25, 0.3) is 0 Å². The molecule has 9 aromatic carbocycles. The van der Waals surface area contributed by atoms with E-state index in [9.17, 15) is 0 Å². The molecule has 0 atom stereocenters. The van der Waals surface area contributed by atoms with Gasteiger partial charge in [-0.3, -0.25) is 0 Å². The van der Waals surface area contributed by atoms with Crippen LogP contribution in [0.3, 0.4) is 0 Å². The molecule has 0 N–H and O–H groups in total. The molecule has 0 radical (unpaired) electrons. The summed E-state index contributed by atoms with van der Waals surface area (Å²) in [5, 5.41) is 5.48.